The van der Waals surface area contributed by atoms with Crippen LogP contribution in [0.5, 0.6) is 0 Å². The molecular formula is C23H20N4O3S2. The minimum atomic E-state index is -3.83. The highest BCUT2D eigenvalue weighted by atomic mass is 32.2. The second-order valence-corrected chi connectivity index (χ2v) is 9.90. The van der Waals surface area contributed by atoms with E-state index in [2.05, 4.69) is 15.3 Å². The summed E-state index contributed by atoms with van der Waals surface area (Å²) in [5.74, 6) is -0.438. The first-order chi connectivity index (χ1) is 15.3. The number of anilines is 2. The van der Waals surface area contributed by atoms with E-state index in [9.17, 15) is 13.2 Å². The smallest absolute Gasteiger partial charge is 0.264 e. The molecule has 2 aromatic heterocycles. The van der Waals surface area contributed by atoms with E-state index in [-0.39, 0.29) is 10.5 Å². The molecule has 4 rings (SSSR count). The average molecular weight is 465 g/mol. The van der Waals surface area contributed by atoms with Crippen LogP contribution in [0.2, 0.25) is 0 Å². The van der Waals surface area contributed by atoms with Gasteiger partial charge in [0.2, 0.25) is 0 Å². The lowest BCUT2D eigenvalue weighted by atomic mass is 10.2. The Hall–Kier alpha value is -3.56. The number of aromatic nitrogens is 2. The van der Waals surface area contributed by atoms with E-state index in [0.717, 1.165) is 11.1 Å². The van der Waals surface area contributed by atoms with Crippen molar-refractivity contribution in [3.63, 3.8) is 0 Å². The molecule has 0 aliphatic rings. The van der Waals surface area contributed by atoms with Crippen LogP contribution in [0.15, 0.2) is 83.3 Å². The molecular weight excluding hydrogens is 444 g/mol. The molecule has 7 nitrogen and oxygen atoms in total. The Morgan fingerprint density at radius 1 is 1.06 bits per heavy atom. The molecule has 4 aromatic rings. The summed E-state index contributed by atoms with van der Waals surface area (Å²) in [5, 5.41) is 4.97. The van der Waals surface area contributed by atoms with Crippen molar-refractivity contribution < 1.29 is 13.2 Å². The lowest BCUT2D eigenvalue weighted by molar-refractivity contribution is 0.102. The summed E-state index contributed by atoms with van der Waals surface area (Å²) in [7, 11) is -2.34. The molecule has 0 aliphatic heterocycles. The Labute approximate surface area is 190 Å². The molecule has 0 spiro atoms. The number of sulfonamides is 1. The minimum Gasteiger partial charge on any atom is -0.298 e. The maximum atomic E-state index is 13.1. The molecule has 162 valence electrons. The van der Waals surface area contributed by atoms with Crippen LogP contribution in [-0.4, -0.2) is 31.3 Å². The van der Waals surface area contributed by atoms with Crippen LogP contribution in [0, 0.1) is 6.92 Å². The number of amides is 1. The number of carbonyl (C=O) groups excluding carboxylic acids is 1. The highest BCUT2D eigenvalue weighted by Crippen LogP contribution is 2.26. The molecule has 0 saturated heterocycles. The van der Waals surface area contributed by atoms with Crippen molar-refractivity contribution in [1.29, 1.82) is 0 Å². The maximum Gasteiger partial charge on any atom is 0.264 e. The van der Waals surface area contributed by atoms with Crippen molar-refractivity contribution >= 4 is 38.1 Å². The summed E-state index contributed by atoms with van der Waals surface area (Å²) in [6.07, 6.45) is 3.37. The predicted molar refractivity (Wildman–Crippen MR) is 127 cm³/mol. The first kappa shape index (κ1) is 21.7. The van der Waals surface area contributed by atoms with Gasteiger partial charge < -0.3 is 0 Å². The van der Waals surface area contributed by atoms with Gasteiger partial charge in [0.25, 0.3) is 15.9 Å². The number of pyridine rings is 1. The zero-order valence-electron chi connectivity index (χ0n) is 17.4. The largest absolute Gasteiger partial charge is 0.298 e. The lowest BCUT2D eigenvalue weighted by Gasteiger charge is -2.20. The van der Waals surface area contributed by atoms with E-state index in [1.54, 1.807) is 36.7 Å². The van der Waals surface area contributed by atoms with Crippen molar-refractivity contribution in [2.45, 2.75) is 11.8 Å². The van der Waals surface area contributed by atoms with E-state index < -0.39 is 15.9 Å². The maximum absolute atomic E-state index is 13.1. The highest BCUT2D eigenvalue weighted by molar-refractivity contribution is 7.92. The van der Waals surface area contributed by atoms with Crippen molar-refractivity contribution in [2.75, 3.05) is 16.7 Å². The molecule has 9 heteroatoms. The van der Waals surface area contributed by atoms with Gasteiger partial charge in [-0.05, 0) is 49.4 Å². The molecule has 0 aliphatic carbocycles. The van der Waals surface area contributed by atoms with Crippen molar-refractivity contribution in [3.05, 3.63) is 89.6 Å². The first-order valence-corrected chi connectivity index (χ1v) is 12.0. The molecule has 1 amide bonds. The number of hydrogen-bond donors (Lipinski definition) is 1. The number of nitrogens with one attached hydrogen (secondary N) is 1. The monoisotopic (exact) mass is 464 g/mol. The minimum absolute atomic E-state index is 0.0309. The fourth-order valence-electron chi connectivity index (χ4n) is 3.00. The Bertz CT molecular complexity index is 1350. The average Bonchev–Trinajstić information content (AvgIpc) is 3.28. The van der Waals surface area contributed by atoms with Crippen LogP contribution in [0.25, 0.3) is 11.3 Å². The standard InChI is InChI=1S/C23H20N4O3S2/c1-16-8-10-19(11-9-16)27(2)32(29,30)20-7-3-5-17(13-20)22(28)26-23-25-21(15-31-23)18-6-4-12-24-14-18/h3-15H,1-2H3,(H,25,26,28). The zero-order valence-corrected chi connectivity index (χ0v) is 19.0. The second-order valence-electron chi connectivity index (χ2n) is 7.07. The van der Waals surface area contributed by atoms with E-state index in [1.165, 1.54) is 34.8 Å². The third kappa shape index (κ3) is 4.53. The van der Waals surface area contributed by atoms with Gasteiger partial charge in [0.15, 0.2) is 5.13 Å². The molecule has 2 aromatic carbocycles. The van der Waals surface area contributed by atoms with E-state index in [4.69, 9.17) is 0 Å². The fourth-order valence-corrected chi connectivity index (χ4v) is 4.95. The third-order valence-corrected chi connectivity index (χ3v) is 7.37. The summed E-state index contributed by atoms with van der Waals surface area (Å²) >= 11 is 1.28. The van der Waals surface area contributed by atoms with Crippen LogP contribution in [0.3, 0.4) is 0 Å². The number of aryl methyl sites for hydroxylation is 1. The molecule has 1 N–H and O–H groups in total. The van der Waals surface area contributed by atoms with Gasteiger partial charge in [-0.15, -0.1) is 11.3 Å². The molecule has 0 bridgehead atoms. The van der Waals surface area contributed by atoms with E-state index in [1.807, 2.05) is 36.6 Å². The van der Waals surface area contributed by atoms with Gasteiger partial charge >= 0.3 is 0 Å². The lowest BCUT2D eigenvalue weighted by Crippen LogP contribution is -2.26. The number of hydrogen-bond acceptors (Lipinski definition) is 6. The second kappa shape index (κ2) is 8.89. The van der Waals surface area contributed by atoms with Gasteiger partial charge in [-0.25, -0.2) is 13.4 Å². The summed E-state index contributed by atoms with van der Waals surface area (Å²) in [6.45, 7) is 1.93. The molecule has 0 atom stereocenters. The quantitative estimate of drug-likeness (QED) is 0.451. The molecule has 32 heavy (non-hydrogen) atoms. The number of carbonyl (C=O) groups is 1. The van der Waals surface area contributed by atoms with Crippen LogP contribution < -0.4 is 9.62 Å². The molecule has 0 saturated carbocycles. The fraction of sp³-hybridized carbons (Fsp3) is 0.0870. The summed E-state index contributed by atoms with van der Waals surface area (Å²) < 4.78 is 27.4. The number of benzene rings is 2. The van der Waals surface area contributed by atoms with E-state index >= 15 is 0 Å². The van der Waals surface area contributed by atoms with Gasteiger partial charge in [0.05, 0.1) is 16.3 Å². The Balaban J connectivity index is 1.54. The van der Waals surface area contributed by atoms with Crippen molar-refractivity contribution in [2.24, 2.45) is 0 Å². The predicted octanol–water partition coefficient (Wildman–Crippen LogP) is 4.59. The van der Waals surface area contributed by atoms with Crippen LogP contribution in [0.4, 0.5) is 10.8 Å². The summed E-state index contributed by atoms with van der Waals surface area (Å²) in [5.41, 5.74) is 3.34. The zero-order chi connectivity index (χ0) is 22.7. The number of thiazole rings is 1. The van der Waals surface area contributed by atoms with Crippen molar-refractivity contribution in [3.8, 4) is 11.3 Å². The SMILES string of the molecule is Cc1ccc(N(C)S(=O)(=O)c2cccc(C(=O)Nc3nc(-c4cccnc4)cs3)c2)cc1. The van der Waals surface area contributed by atoms with Crippen molar-refractivity contribution in [1.82, 2.24) is 9.97 Å². The summed E-state index contributed by atoms with van der Waals surface area (Å²) in [4.78, 5) is 21.3. The first-order valence-electron chi connectivity index (χ1n) is 9.67. The van der Waals surface area contributed by atoms with Crippen LogP contribution >= 0.6 is 11.3 Å². The van der Waals surface area contributed by atoms with Crippen LogP contribution in [-0.2, 0) is 10.0 Å². The van der Waals surface area contributed by atoms with Crippen LogP contribution in [0.1, 0.15) is 15.9 Å². The van der Waals surface area contributed by atoms with Gasteiger partial charge in [0, 0.05) is 35.9 Å². The summed E-state index contributed by atoms with van der Waals surface area (Å²) in [6, 6.07) is 16.8. The van der Waals surface area contributed by atoms with Gasteiger partial charge in [-0.3, -0.25) is 19.4 Å². The molecule has 0 unspecified atom stereocenters. The number of nitrogens with zero attached hydrogens (tertiary/aromatic N) is 3. The van der Waals surface area contributed by atoms with Gasteiger partial charge in [-0.1, -0.05) is 23.8 Å². The Kier molecular flexibility index (Phi) is 6.02. The Morgan fingerprint density at radius 3 is 2.56 bits per heavy atom. The third-order valence-electron chi connectivity index (χ3n) is 4.83. The number of rotatable bonds is 6. The van der Waals surface area contributed by atoms with E-state index in [0.29, 0.717) is 16.5 Å². The highest BCUT2D eigenvalue weighted by Gasteiger charge is 2.22. The normalized spacial score (nSPS) is 11.2. The molecule has 2 heterocycles. The van der Waals surface area contributed by atoms with Gasteiger partial charge in [0.1, 0.15) is 0 Å². The molecule has 0 fully saturated rings. The molecule has 0 radical (unpaired) electrons. The Morgan fingerprint density at radius 2 is 1.84 bits per heavy atom. The van der Waals surface area contributed by atoms with Gasteiger partial charge in [-0.2, -0.15) is 0 Å². The topological polar surface area (TPSA) is 92.3 Å².